The number of rotatable bonds is 2. The van der Waals surface area contributed by atoms with Gasteiger partial charge in [0.1, 0.15) is 5.82 Å². The van der Waals surface area contributed by atoms with E-state index in [4.69, 9.17) is 4.52 Å². The molecule has 3 nitrogen and oxygen atoms in total. The van der Waals surface area contributed by atoms with Crippen LogP contribution in [-0.4, -0.2) is 12.2 Å². The Balaban J connectivity index is 2.03. The van der Waals surface area contributed by atoms with E-state index in [0.717, 1.165) is 42.0 Å². The average Bonchev–Trinajstić information content (AvgIpc) is 2.81. The second-order valence-electron chi connectivity index (χ2n) is 4.63. The van der Waals surface area contributed by atoms with Gasteiger partial charge in [-0.25, -0.2) is 4.39 Å². The normalized spacial score (nSPS) is 18.4. The van der Waals surface area contributed by atoms with E-state index >= 15 is 0 Å². The average molecular weight is 246 g/mol. The van der Waals surface area contributed by atoms with Crippen LogP contribution in [0.2, 0.25) is 0 Å². The van der Waals surface area contributed by atoms with Gasteiger partial charge in [0.15, 0.2) is 0 Å². The Morgan fingerprint density at radius 1 is 1.44 bits per heavy atom. The quantitative estimate of drug-likeness (QED) is 0.883. The number of hydrogen-bond acceptors (Lipinski definition) is 3. The molecule has 0 saturated heterocycles. The third kappa shape index (κ3) is 1.78. The summed E-state index contributed by atoms with van der Waals surface area (Å²) in [5, 5.41) is 7.17. The number of nitrogens with zero attached hydrogens (tertiary/aromatic N) is 1. The molecule has 0 bridgehead atoms. The molecule has 1 unspecified atom stereocenters. The summed E-state index contributed by atoms with van der Waals surface area (Å²) in [6.45, 7) is 0. The van der Waals surface area contributed by atoms with Gasteiger partial charge in [-0.3, -0.25) is 0 Å². The second kappa shape index (κ2) is 4.44. The first-order valence-corrected chi connectivity index (χ1v) is 6.21. The number of hydrogen-bond donors (Lipinski definition) is 1. The van der Waals surface area contributed by atoms with Gasteiger partial charge >= 0.3 is 0 Å². The highest BCUT2D eigenvalue weighted by Gasteiger charge is 2.28. The fourth-order valence-corrected chi connectivity index (χ4v) is 2.70. The van der Waals surface area contributed by atoms with E-state index in [2.05, 4.69) is 10.5 Å². The van der Waals surface area contributed by atoms with Crippen LogP contribution in [0.15, 0.2) is 28.8 Å². The number of fused-ring (bicyclic) bond motifs is 1. The molecule has 3 rings (SSSR count). The van der Waals surface area contributed by atoms with Crippen LogP contribution in [0.3, 0.4) is 0 Å². The molecule has 4 heteroatoms. The lowest BCUT2D eigenvalue weighted by Gasteiger charge is -2.21. The molecule has 1 aliphatic carbocycles. The first-order valence-electron chi connectivity index (χ1n) is 6.21. The zero-order valence-electron chi connectivity index (χ0n) is 10.2. The summed E-state index contributed by atoms with van der Waals surface area (Å²) in [4.78, 5) is 0. The number of benzene rings is 1. The van der Waals surface area contributed by atoms with Crippen molar-refractivity contribution >= 4 is 5.88 Å². The lowest BCUT2D eigenvalue weighted by molar-refractivity contribution is 0.419. The first kappa shape index (κ1) is 11.3. The maximum Gasteiger partial charge on any atom is 0.227 e. The summed E-state index contributed by atoms with van der Waals surface area (Å²) in [5.74, 6) is 0.693. The highest BCUT2D eigenvalue weighted by molar-refractivity contribution is 5.48. The van der Waals surface area contributed by atoms with Crippen LogP contribution < -0.4 is 5.32 Å². The maximum absolute atomic E-state index is 13.3. The van der Waals surface area contributed by atoms with Crippen LogP contribution in [0.4, 0.5) is 10.3 Å². The summed E-state index contributed by atoms with van der Waals surface area (Å²) in [7, 11) is 1.83. The third-order valence-corrected chi connectivity index (χ3v) is 3.55. The number of anilines is 1. The van der Waals surface area contributed by atoms with E-state index < -0.39 is 0 Å². The molecule has 0 radical (unpaired) electrons. The van der Waals surface area contributed by atoms with Crippen molar-refractivity contribution < 1.29 is 8.91 Å². The number of aromatic nitrogens is 1. The molecule has 1 atom stereocenters. The predicted octanol–water partition coefficient (Wildman–Crippen LogP) is 3.32. The predicted molar refractivity (Wildman–Crippen MR) is 67.2 cm³/mol. The fraction of sp³-hybridized carbons (Fsp3) is 0.357. The van der Waals surface area contributed by atoms with Crippen LogP contribution in [0, 0.1) is 5.82 Å². The minimum Gasteiger partial charge on any atom is -0.357 e. The van der Waals surface area contributed by atoms with Gasteiger partial charge in [0.05, 0.1) is 5.69 Å². The van der Waals surface area contributed by atoms with Gasteiger partial charge in [-0.1, -0.05) is 17.3 Å². The van der Waals surface area contributed by atoms with E-state index in [1.807, 2.05) is 13.1 Å². The van der Waals surface area contributed by atoms with E-state index in [9.17, 15) is 4.39 Å². The summed E-state index contributed by atoms with van der Waals surface area (Å²) in [5.41, 5.74) is 3.07. The highest BCUT2D eigenvalue weighted by atomic mass is 19.1. The van der Waals surface area contributed by atoms with Crippen LogP contribution in [0.25, 0.3) is 0 Å². The van der Waals surface area contributed by atoms with Crippen LogP contribution >= 0.6 is 0 Å². The Morgan fingerprint density at radius 2 is 2.33 bits per heavy atom. The molecule has 0 aliphatic heterocycles. The smallest absolute Gasteiger partial charge is 0.227 e. The lowest BCUT2D eigenvalue weighted by atomic mass is 9.83. The van der Waals surface area contributed by atoms with E-state index in [1.165, 1.54) is 6.07 Å². The minimum atomic E-state index is -0.197. The third-order valence-electron chi connectivity index (χ3n) is 3.55. The number of halogens is 1. The van der Waals surface area contributed by atoms with Crippen molar-refractivity contribution in [2.24, 2.45) is 0 Å². The molecule has 0 spiro atoms. The highest BCUT2D eigenvalue weighted by Crippen LogP contribution is 2.39. The Hall–Kier alpha value is -1.84. The van der Waals surface area contributed by atoms with Crippen molar-refractivity contribution in [1.82, 2.24) is 5.16 Å². The standard InChI is InChI=1S/C14H15FN2O/c1-16-14-12-7-3-6-11(13(12)17-18-14)9-4-2-5-10(15)8-9/h2,4-5,8,11,16H,3,6-7H2,1H3. The van der Waals surface area contributed by atoms with Crippen molar-refractivity contribution in [2.45, 2.75) is 25.2 Å². The first-order chi connectivity index (χ1) is 8.79. The topological polar surface area (TPSA) is 38.1 Å². The molecule has 94 valence electrons. The van der Waals surface area contributed by atoms with Crippen molar-refractivity contribution in [3.63, 3.8) is 0 Å². The van der Waals surface area contributed by atoms with Gasteiger partial charge in [0.2, 0.25) is 5.88 Å². The van der Waals surface area contributed by atoms with Crippen molar-refractivity contribution in [1.29, 1.82) is 0 Å². The largest absolute Gasteiger partial charge is 0.357 e. The minimum absolute atomic E-state index is 0.148. The lowest BCUT2D eigenvalue weighted by Crippen LogP contribution is -2.11. The zero-order chi connectivity index (χ0) is 12.5. The van der Waals surface area contributed by atoms with E-state index in [1.54, 1.807) is 12.1 Å². The van der Waals surface area contributed by atoms with Gasteiger partial charge < -0.3 is 9.84 Å². The Labute approximate surface area is 105 Å². The van der Waals surface area contributed by atoms with Crippen LogP contribution in [-0.2, 0) is 6.42 Å². The van der Waals surface area contributed by atoms with Gasteiger partial charge in [0, 0.05) is 18.5 Å². The molecule has 18 heavy (non-hydrogen) atoms. The van der Waals surface area contributed by atoms with Gasteiger partial charge in [-0.2, -0.15) is 0 Å². The molecule has 0 fully saturated rings. The molecular weight excluding hydrogens is 231 g/mol. The van der Waals surface area contributed by atoms with Crippen LogP contribution in [0.5, 0.6) is 0 Å². The zero-order valence-corrected chi connectivity index (χ0v) is 10.2. The second-order valence-corrected chi connectivity index (χ2v) is 4.63. The van der Waals surface area contributed by atoms with E-state index in [-0.39, 0.29) is 11.7 Å². The van der Waals surface area contributed by atoms with Gasteiger partial charge in [-0.15, -0.1) is 0 Å². The molecule has 1 N–H and O–H groups in total. The van der Waals surface area contributed by atoms with Crippen LogP contribution in [0.1, 0.15) is 35.6 Å². The molecule has 1 aliphatic rings. The van der Waals surface area contributed by atoms with Crippen molar-refractivity contribution in [3.05, 3.63) is 46.9 Å². The summed E-state index contributed by atoms with van der Waals surface area (Å²) in [6, 6.07) is 6.76. The Bertz CT molecular complexity index is 565. The molecular formula is C14H15FN2O. The van der Waals surface area contributed by atoms with Gasteiger partial charge in [0.25, 0.3) is 0 Å². The maximum atomic E-state index is 13.3. The van der Waals surface area contributed by atoms with Crippen molar-refractivity contribution in [3.8, 4) is 0 Å². The molecule has 1 heterocycles. The molecule has 1 aromatic carbocycles. The monoisotopic (exact) mass is 246 g/mol. The molecule has 0 amide bonds. The summed E-state index contributed by atoms with van der Waals surface area (Å²) in [6.07, 6.45) is 3.04. The van der Waals surface area contributed by atoms with Crippen molar-refractivity contribution in [2.75, 3.05) is 12.4 Å². The molecule has 2 aromatic rings. The Morgan fingerprint density at radius 3 is 3.11 bits per heavy atom. The molecule has 0 saturated carbocycles. The summed E-state index contributed by atoms with van der Waals surface area (Å²) >= 11 is 0. The van der Waals surface area contributed by atoms with E-state index in [0.29, 0.717) is 0 Å². The SMILES string of the molecule is CNc1onc2c1CCCC2c1cccc(F)c1. The fourth-order valence-electron chi connectivity index (χ4n) is 2.70. The number of nitrogens with one attached hydrogen (secondary N) is 1. The Kier molecular flexibility index (Phi) is 2.78. The van der Waals surface area contributed by atoms with Gasteiger partial charge in [-0.05, 0) is 37.0 Å². The molecule has 1 aromatic heterocycles. The summed E-state index contributed by atoms with van der Waals surface area (Å²) < 4.78 is 18.6.